The highest BCUT2D eigenvalue weighted by molar-refractivity contribution is 5.94. The maximum Gasteiger partial charge on any atom is 0.254 e. The summed E-state index contributed by atoms with van der Waals surface area (Å²) in [4.78, 5) is 11.7. The van der Waals surface area contributed by atoms with Crippen LogP contribution in [0.25, 0.3) is 0 Å². The molecule has 0 aromatic heterocycles. The van der Waals surface area contributed by atoms with Crippen LogP contribution in [0.2, 0.25) is 0 Å². The SMILES string of the molecule is O=C(NCCC1CCNCC1)c1ccc(F)c(F)c1F. The number of piperidine rings is 1. The lowest BCUT2D eigenvalue weighted by Crippen LogP contribution is -2.31. The molecule has 0 aliphatic carbocycles. The molecule has 1 aliphatic heterocycles. The minimum absolute atomic E-state index is 0.405. The Hall–Kier alpha value is -1.56. The van der Waals surface area contributed by atoms with Crippen molar-refractivity contribution in [2.24, 2.45) is 5.92 Å². The largest absolute Gasteiger partial charge is 0.352 e. The van der Waals surface area contributed by atoms with Crippen molar-refractivity contribution >= 4 is 5.91 Å². The summed E-state index contributed by atoms with van der Waals surface area (Å²) in [6.07, 6.45) is 2.91. The minimum Gasteiger partial charge on any atom is -0.352 e. The van der Waals surface area contributed by atoms with Gasteiger partial charge in [0.1, 0.15) is 0 Å². The molecule has 6 heteroatoms. The van der Waals surface area contributed by atoms with E-state index in [2.05, 4.69) is 10.6 Å². The molecule has 1 saturated heterocycles. The number of benzene rings is 1. The third kappa shape index (κ3) is 3.50. The van der Waals surface area contributed by atoms with Gasteiger partial charge in [-0.05, 0) is 50.4 Å². The van der Waals surface area contributed by atoms with E-state index in [0.29, 0.717) is 12.5 Å². The summed E-state index contributed by atoms with van der Waals surface area (Å²) in [5.74, 6) is -4.53. The average Bonchev–Trinajstić information content (AvgIpc) is 2.46. The van der Waals surface area contributed by atoms with Crippen LogP contribution >= 0.6 is 0 Å². The number of nitrogens with one attached hydrogen (secondary N) is 2. The molecular formula is C14H17F3N2O. The van der Waals surface area contributed by atoms with Gasteiger partial charge in [-0.3, -0.25) is 4.79 Å². The van der Waals surface area contributed by atoms with E-state index >= 15 is 0 Å². The van der Waals surface area contributed by atoms with Crippen LogP contribution in [-0.4, -0.2) is 25.5 Å². The van der Waals surface area contributed by atoms with E-state index < -0.39 is 28.9 Å². The van der Waals surface area contributed by atoms with Gasteiger partial charge in [-0.1, -0.05) is 0 Å². The lowest BCUT2D eigenvalue weighted by molar-refractivity contribution is 0.0945. The number of hydrogen-bond donors (Lipinski definition) is 2. The standard InChI is InChI=1S/C14H17F3N2O/c15-11-2-1-10(12(16)13(11)17)14(20)19-8-5-9-3-6-18-7-4-9/h1-2,9,18H,3-8H2,(H,19,20). The molecule has 1 aromatic carbocycles. The number of hydrogen-bond acceptors (Lipinski definition) is 2. The van der Waals surface area contributed by atoms with E-state index in [0.717, 1.165) is 44.5 Å². The van der Waals surface area contributed by atoms with Crippen LogP contribution in [0.15, 0.2) is 12.1 Å². The fraction of sp³-hybridized carbons (Fsp3) is 0.500. The number of carbonyl (C=O) groups is 1. The summed E-state index contributed by atoms with van der Waals surface area (Å²) < 4.78 is 39.2. The van der Waals surface area contributed by atoms with Crippen molar-refractivity contribution in [3.8, 4) is 0 Å². The quantitative estimate of drug-likeness (QED) is 0.833. The highest BCUT2D eigenvalue weighted by Crippen LogP contribution is 2.16. The molecule has 1 heterocycles. The lowest BCUT2D eigenvalue weighted by atomic mass is 9.95. The predicted molar refractivity (Wildman–Crippen MR) is 68.9 cm³/mol. The number of amides is 1. The first-order chi connectivity index (χ1) is 9.59. The van der Waals surface area contributed by atoms with Crippen LogP contribution in [0, 0.1) is 23.4 Å². The summed E-state index contributed by atoms with van der Waals surface area (Å²) >= 11 is 0. The van der Waals surface area contributed by atoms with Crippen molar-refractivity contribution in [1.29, 1.82) is 0 Å². The molecule has 0 unspecified atom stereocenters. The van der Waals surface area contributed by atoms with Crippen LogP contribution < -0.4 is 10.6 Å². The Morgan fingerprint density at radius 1 is 1.20 bits per heavy atom. The van der Waals surface area contributed by atoms with E-state index in [1.54, 1.807) is 0 Å². The van der Waals surface area contributed by atoms with Gasteiger partial charge >= 0.3 is 0 Å². The van der Waals surface area contributed by atoms with E-state index in [-0.39, 0.29) is 0 Å². The van der Waals surface area contributed by atoms with Crippen LogP contribution in [0.3, 0.4) is 0 Å². The Labute approximate surface area is 115 Å². The van der Waals surface area contributed by atoms with Crippen LogP contribution in [0.5, 0.6) is 0 Å². The molecule has 0 radical (unpaired) electrons. The lowest BCUT2D eigenvalue weighted by Gasteiger charge is -2.22. The zero-order chi connectivity index (χ0) is 14.5. The molecule has 110 valence electrons. The van der Waals surface area contributed by atoms with E-state index in [4.69, 9.17) is 0 Å². The van der Waals surface area contributed by atoms with Crippen LogP contribution in [-0.2, 0) is 0 Å². The van der Waals surface area contributed by atoms with Crippen molar-refractivity contribution in [2.45, 2.75) is 19.3 Å². The van der Waals surface area contributed by atoms with Gasteiger partial charge in [-0.2, -0.15) is 0 Å². The molecule has 2 rings (SSSR count). The van der Waals surface area contributed by atoms with Gasteiger partial charge in [0.25, 0.3) is 5.91 Å². The molecule has 0 atom stereocenters. The number of halogens is 3. The molecule has 0 saturated carbocycles. The monoisotopic (exact) mass is 286 g/mol. The maximum absolute atomic E-state index is 13.4. The van der Waals surface area contributed by atoms with Crippen LogP contribution in [0.1, 0.15) is 29.6 Å². The van der Waals surface area contributed by atoms with Gasteiger partial charge in [0.15, 0.2) is 17.5 Å². The second kappa shape index (κ2) is 6.74. The molecule has 1 amide bonds. The topological polar surface area (TPSA) is 41.1 Å². The Bertz CT molecular complexity index is 488. The Kier molecular flexibility index (Phi) is 5.00. The van der Waals surface area contributed by atoms with Crippen molar-refractivity contribution in [3.05, 3.63) is 35.1 Å². The Morgan fingerprint density at radius 3 is 2.60 bits per heavy atom. The van der Waals surface area contributed by atoms with Gasteiger partial charge in [-0.15, -0.1) is 0 Å². The first kappa shape index (κ1) is 14.8. The summed E-state index contributed by atoms with van der Waals surface area (Å²) in [5.41, 5.74) is -0.464. The highest BCUT2D eigenvalue weighted by Gasteiger charge is 2.19. The van der Waals surface area contributed by atoms with Gasteiger partial charge in [-0.25, -0.2) is 13.2 Å². The van der Waals surface area contributed by atoms with E-state index in [1.165, 1.54) is 0 Å². The third-order valence-electron chi connectivity index (χ3n) is 3.58. The van der Waals surface area contributed by atoms with Crippen molar-refractivity contribution in [1.82, 2.24) is 10.6 Å². The molecule has 0 bridgehead atoms. The molecule has 1 aliphatic rings. The highest BCUT2D eigenvalue weighted by atomic mass is 19.2. The van der Waals surface area contributed by atoms with Crippen molar-refractivity contribution in [2.75, 3.05) is 19.6 Å². The van der Waals surface area contributed by atoms with E-state index in [9.17, 15) is 18.0 Å². The summed E-state index contributed by atoms with van der Waals surface area (Å²) in [6, 6.07) is 1.70. The fourth-order valence-electron chi connectivity index (χ4n) is 2.36. The fourth-order valence-corrected chi connectivity index (χ4v) is 2.36. The third-order valence-corrected chi connectivity index (χ3v) is 3.58. The Balaban J connectivity index is 1.87. The zero-order valence-electron chi connectivity index (χ0n) is 11.0. The summed E-state index contributed by atoms with van der Waals surface area (Å²) in [6.45, 7) is 2.34. The van der Waals surface area contributed by atoms with Gasteiger partial charge in [0.2, 0.25) is 0 Å². The minimum atomic E-state index is -1.61. The zero-order valence-corrected chi connectivity index (χ0v) is 11.0. The van der Waals surface area contributed by atoms with Gasteiger partial charge in [0.05, 0.1) is 5.56 Å². The second-order valence-electron chi connectivity index (χ2n) is 4.96. The smallest absolute Gasteiger partial charge is 0.254 e. The Morgan fingerprint density at radius 2 is 1.90 bits per heavy atom. The van der Waals surface area contributed by atoms with Gasteiger partial charge in [0, 0.05) is 6.54 Å². The van der Waals surface area contributed by atoms with Crippen molar-refractivity contribution < 1.29 is 18.0 Å². The molecular weight excluding hydrogens is 269 g/mol. The first-order valence-electron chi connectivity index (χ1n) is 6.72. The molecule has 3 nitrogen and oxygen atoms in total. The molecule has 1 fully saturated rings. The van der Waals surface area contributed by atoms with Crippen LogP contribution in [0.4, 0.5) is 13.2 Å². The second-order valence-corrected chi connectivity index (χ2v) is 4.96. The van der Waals surface area contributed by atoms with E-state index in [1.807, 2.05) is 0 Å². The maximum atomic E-state index is 13.4. The van der Waals surface area contributed by atoms with Gasteiger partial charge < -0.3 is 10.6 Å². The predicted octanol–water partition coefficient (Wildman–Crippen LogP) is 2.22. The van der Waals surface area contributed by atoms with Crippen molar-refractivity contribution in [3.63, 3.8) is 0 Å². The first-order valence-corrected chi connectivity index (χ1v) is 6.72. The number of carbonyl (C=O) groups excluding carboxylic acids is 1. The normalized spacial score (nSPS) is 16.1. The molecule has 0 spiro atoms. The summed E-state index contributed by atoms with van der Waals surface area (Å²) in [7, 11) is 0. The summed E-state index contributed by atoms with van der Waals surface area (Å²) in [5, 5.41) is 5.79. The molecule has 2 N–H and O–H groups in total. The molecule has 1 aromatic rings. The average molecular weight is 286 g/mol. The molecule has 20 heavy (non-hydrogen) atoms. The number of rotatable bonds is 4.